The molecule has 2 rings (SSSR count). The van der Waals surface area contributed by atoms with E-state index in [-0.39, 0.29) is 6.10 Å². The van der Waals surface area contributed by atoms with Gasteiger partial charge in [0.05, 0.1) is 0 Å². The molecule has 0 saturated heterocycles. The van der Waals surface area contributed by atoms with Crippen molar-refractivity contribution in [2.24, 2.45) is 0 Å². The predicted octanol–water partition coefficient (Wildman–Crippen LogP) is 4.01. The molecule has 2 aromatic rings. The highest BCUT2D eigenvalue weighted by Crippen LogP contribution is 2.23. The maximum absolute atomic E-state index is 5.84. The minimum Gasteiger partial charge on any atom is -0.486 e. The maximum Gasteiger partial charge on any atom is 0.121 e. The minimum absolute atomic E-state index is 0.0242. The third-order valence-corrected chi connectivity index (χ3v) is 2.55. The first-order valence-corrected chi connectivity index (χ1v) is 5.40. The van der Waals surface area contributed by atoms with E-state index in [4.69, 9.17) is 4.74 Å². The van der Waals surface area contributed by atoms with E-state index in [1.807, 2.05) is 55.5 Å². The number of hydrogen-bond donors (Lipinski definition) is 0. The monoisotopic (exact) mass is 211 g/mol. The lowest BCUT2D eigenvalue weighted by Gasteiger charge is -2.16. The van der Waals surface area contributed by atoms with Crippen LogP contribution in [0.3, 0.4) is 0 Å². The van der Waals surface area contributed by atoms with E-state index in [1.165, 1.54) is 0 Å². The molecule has 0 bridgehead atoms. The van der Waals surface area contributed by atoms with Crippen molar-refractivity contribution in [1.82, 2.24) is 0 Å². The van der Waals surface area contributed by atoms with Crippen molar-refractivity contribution in [3.8, 4) is 5.75 Å². The molecule has 0 N–H and O–H groups in total. The van der Waals surface area contributed by atoms with Gasteiger partial charge in [-0.25, -0.2) is 0 Å². The van der Waals surface area contributed by atoms with Crippen molar-refractivity contribution in [2.45, 2.75) is 13.0 Å². The van der Waals surface area contributed by atoms with E-state index in [0.29, 0.717) is 0 Å². The second kappa shape index (κ2) is 4.84. The van der Waals surface area contributed by atoms with Gasteiger partial charge in [-0.2, -0.15) is 0 Å². The van der Waals surface area contributed by atoms with Crippen molar-refractivity contribution >= 4 is 0 Å². The third kappa shape index (κ3) is 2.43. The SMILES string of the molecule is [CH2]c1ccccc1C(C)Oc1ccccc1. The molecule has 0 fully saturated rings. The Balaban J connectivity index is 2.15. The van der Waals surface area contributed by atoms with Gasteiger partial charge < -0.3 is 4.74 Å². The maximum atomic E-state index is 5.84. The molecule has 1 radical (unpaired) electrons. The first-order valence-electron chi connectivity index (χ1n) is 5.40. The summed E-state index contributed by atoms with van der Waals surface area (Å²) in [4.78, 5) is 0. The van der Waals surface area contributed by atoms with Gasteiger partial charge in [0.15, 0.2) is 0 Å². The average Bonchev–Trinajstić information content (AvgIpc) is 2.31. The Morgan fingerprint density at radius 3 is 2.25 bits per heavy atom. The largest absolute Gasteiger partial charge is 0.486 e. The van der Waals surface area contributed by atoms with Crippen LogP contribution in [0.5, 0.6) is 5.75 Å². The molecule has 0 aliphatic rings. The Morgan fingerprint density at radius 2 is 1.56 bits per heavy atom. The molecule has 0 saturated carbocycles. The number of ether oxygens (including phenoxy) is 1. The zero-order chi connectivity index (χ0) is 11.4. The van der Waals surface area contributed by atoms with Crippen LogP contribution in [0.4, 0.5) is 0 Å². The smallest absolute Gasteiger partial charge is 0.121 e. The van der Waals surface area contributed by atoms with Crippen molar-refractivity contribution in [3.05, 3.63) is 72.6 Å². The summed E-state index contributed by atoms with van der Waals surface area (Å²) >= 11 is 0. The summed E-state index contributed by atoms with van der Waals surface area (Å²) in [6.45, 7) is 6.04. The summed E-state index contributed by atoms with van der Waals surface area (Å²) in [6.07, 6.45) is 0.0242. The standard InChI is InChI=1S/C15H15O/c1-12-8-6-7-11-15(12)13(2)16-14-9-4-3-5-10-14/h3-11,13H,1H2,2H3. The van der Waals surface area contributed by atoms with Crippen LogP contribution in [-0.2, 0) is 0 Å². The molecule has 2 aromatic carbocycles. The van der Waals surface area contributed by atoms with Crippen LogP contribution in [0.25, 0.3) is 0 Å². The summed E-state index contributed by atoms with van der Waals surface area (Å²) in [5, 5.41) is 0. The first-order chi connectivity index (χ1) is 7.77. The molecule has 0 aliphatic carbocycles. The molecule has 1 atom stereocenters. The number of rotatable bonds is 3. The van der Waals surface area contributed by atoms with Crippen molar-refractivity contribution in [3.63, 3.8) is 0 Å². The van der Waals surface area contributed by atoms with E-state index in [1.54, 1.807) is 0 Å². The Hall–Kier alpha value is -1.76. The van der Waals surface area contributed by atoms with E-state index in [9.17, 15) is 0 Å². The molecule has 0 heterocycles. The fourth-order valence-electron chi connectivity index (χ4n) is 1.70. The quantitative estimate of drug-likeness (QED) is 0.745. The molecule has 0 spiro atoms. The van der Waals surface area contributed by atoms with Gasteiger partial charge in [0.1, 0.15) is 11.9 Å². The zero-order valence-electron chi connectivity index (χ0n) is 9.39. The lowest BCUT2D eigenvalue weighted by Crippen LogP contribution is -2.04. The lowest BCUT2D eigenvalue weighted by atomic mass is 10.0. The molecular weight excluding hydrogens is 196 g/mol. The van der Waals surface area contributed by atoms with Crippen LogP contribution >= 0.6 is 0 Å². The number of hydrogen-bond acceptors (Lipinski definition) is 1. The molecule has 1 nitrogen and oxygen atoms in total. The Morgan fingerprint density at radius 1 is 0.938 bits per heavy atom. The van der Waals surface area contributed by atoms with Crippen LogP contribution in [0.1, 0.15) is 24.2 Å². The average molecular weight is 211 g/mol. The van der Waals surface area contributed by atoms with Crippen molar-refractivity contribution < 1.29 is 4.74 Å². The van der Waals surface area contributed by atoms with E-state index in [0.717, 1.165) is 16.9 Å². The molecule has 0 aromatic heterocycles. The van der Waals surface area contributed by atoms with Crippen LogP contribution < -0.4 is 4.74 Å². The molecule has 1 unspecified atom stereocenters. The van der Waals surface area contributed by atoms with Gasteiger partial charge in [-0.3, -0.25) is 0 Å². The predicted molar refractivity (Wildman–Crippen MR) is 66.4 cm³/mol. The highest BCUT2D eigenvalue weighted by atomic mass is 16.5. The van der Waals surface area contributed by atoms with Gasteiger partial charge >= 0.3 is 0 Å². The van der Waals surface area contributed by atoms with Crippen LogP contribution in [0, 0.1) is 6.92 Å². The van der Waals surface area contributed by atoms with Gasteiger partial charge in [0.2, 0.25) is 0 Å². The Bertz CT molecular complexity index is 448. The van der Waals surface area contributed by atoms with Gasteiger partial charge in [-0.1, -0.05) is 42.5 Å². The van der Waals surface area contributed by atoms with Crippen LogP contribution in [-0.4, -0.2) is 0 Å². The van der Waals surface area contributed by atoms with E-state index in [2.05, 4.69) is 13.0 Å². The Kier molecular flexibility index (Phi) is 3.25. The lowest BCUT2D eigenvalue weighted by molar-refractivity contribution is 0.226. The van der Waals surface area contributed by atoms with E-state index >= 15 is 0 Å². The molecule has 1 heteroatoms. The molecular formula is C15H15O. The summed E-state index contributed by atoms with van der Waals surface area (Å²) in [5.74, 6) is 0.887. The fraction of sp³-hybridized carbons (Fsp3) is 0.133. The van der Waals surface area contributed by atoms with Crippen molar-refractivity contribution in [2.75, 3.05) is 0 Å². The Labute approximate surface area is 96.7 Å². The van der Waals surface area contributed by atoms with E-state index < -0.39 is 0 Å². The van der Waals surface area contributed by atoms with Gasteiger partial charge in [-0.15, -0.1) is 0 Å². The minimum atomic E-state index is 0.0242. The highest BCUT2D eigenvalue weighted by molar-refractivity contribution is 5.32. The first kappa shape index (κ1) is 10.7. The van der Waals surface area contributed by atoms with Gasteiger partial charge in [0.25, 0.3) is 0 Å². The molecule has 81 valence electrons. The number of para-hydroxylation sites is 1. The summed E-state index contributed by atoms with van der Waals surface area (Å²) in [6, 6.07) is 17.9. The topological polar surface area (TPSA) is 9.23 Å². The number of benzene rings is 2. The summed E-state index contributed by atoms with van der Waals surface area (Å²) < 4.78 is 5.84. The second-order valence-corrected chi connectivity index (χ2v) is 3.77. The molecule has 0 amide bonds. The molecule has 0 aliphatic heterocycles. The third-order valence-electron chi connectivity index (χ3n) is 2.55. The van der Waals surface area contributed by atoms with Gasteiger partial charge in [0, 0.05) is 0 Å². The summed E-state index contributed by atoms with van der Waals surface area (Å²) in [7, 11) is 0. The normalized spacial score (nSPS) is 12.1. The molecule has 16 heavy (non-hydrogen) atoms. The van der Waals surface area contributed by atoms with Crippen molar-refractivity contribution in [1.29, 1.82) is 0 Å². The fourth-order valence-corrected chi connectivity index (χ4v) is 1.70. The summed E-state index contributed by atoms with van der Waals surface area (Å²) in [5.41, 5.74) is 2.15. The second-order valence-electron chi connectivity index (χ2n) is 3.77. The highest BCUT2D eigenvalue weighted by Gasteiger charge is 2.08. The van der Waals surface area contributed by atoms with Gasteiger partial charge in [-0.05, 0) is 37.1 Å². The van der Waals surface area contributed by atoms with Crippen LogP contribution in [0.15, 0.2) is 54.6 Å². The zero-order valence-corrected chi connectivity index (χ0v) is 9.39. The van der Waals surface area contributed by atoms with Crippen LogP contribution in [0.2, 0.25) is 0 Å².